The maximum atomic E-state index is 12.8. The van der Waals surface area contributed by atoms with E-state index in [0.29, 0.717) is 5.56 Å². The highest BCUT2D eigenvalue weighted by atomic mass is 32.3. The van der Waals surface area contributed by atoms with E-state index in [4.69, 9.17) is 42.1 Å². The maximum Gasteiger partial charge on any atom is 0.399 e. The smallest absolute Gasteiger partial charge is 0.399 e. The van der Waals surface area contributed by atoms with Crippen molar-refractivity contribution < 1.29 is 82.1 Å². The number of carbonyl (C=O) groups is 1. The third-order valence-corrected chi connectivity index (χ3v) is 10.1. The summed E-state index contributed by atoms with van der Waals surface area (Å²) in [5.41, 5.74) is 19.5. The van der Waals surface area contributed by atoms with Crippen LogP contribution in [0.15, 0.2) is 40.6 Å². The highest BCUT2D eigenvalue weighted by molar-refractivity contribution is 7.81. The minimum atomic E-state index is -5.34. The molecule has 0 radical (unpaired) electrons. The molecular formula is C29H42N6O18S2. The molecule has 3 heterocycles. The molecule has 0 aliphatic carbocycles. The van der Waals surface area contributed by atoms with Gasteiger partial charge in [0, 0.05) is 35.9 Å². The molecule has 15 atom stereocenters. The van der Waals surface area contributed by atoms with Gasteiger partial charge in [0.05, 0.1) is 18.8 Å². The van der Waals surface area contributed by atoms with E-state index in [0.717, 1.165) is 7.11 Å². The van der Waals surface area contributed by atoms with E-state index >= 15 is 0 Å². The Morgan fingerprint density at radius 2 is 1.38 bits per heavy atom. The van der Waals surface area contributed by atoms with Crippen LogP contribution in [0, 0.1) is 11.8 Å². The predicted octanol–water partition coefficient (Wildman–Crippen LogP) is 2.27. The molecule has 0 aromatic heterocycles. The van der Waals surface area contributed by atoms with Crippen LogP contribution in [0.25, 0.3) is 20.9 Å². The zero-order valence-electron chi connectivity index (χ0n) is 29.9. The number of rotatable bonds is 17. The fourth-order valence-electron chi connectivity index (χ4n) is 6.65. The van der Waals surface area contributed by atoms with Gasteiger partial charge in [0.1, 0.15) is 36.6 Å². The Hall–Kier alpha value is -3.27. The van der Waals surface area contributed by atoms with Gasteiger partial charge in [-0.15, -0.1) is 0 Å². The van der Waals surface area contributed by atoms with Crippen LogP contribution in [-0.2, 0) is 78.5 Å². The van der Waals surface area contributed by atoms with E-state index in [9.17, 15) is 46.9 Å². The SMILES string of the molecule is CCC1OC(OC)[C@@H](N=[N+]=[N-])[C@H](OCc2ccccc2)C1O[C@@H]1O[C@@H](C(=O)O)[C@@H](OC2OC(OS(=O)(=O)O)C(OC)[C@H](C)[C@@H]2N=[N+]=[N-])C(C)C1OS(=O)(=O)O. The van der Waals surface area contributed by atoms with Crippen LogP contribution in [0.4, 0.5) is 0 Å². The Morgan fingerprint density at radius 3 is 1.93 bits per heavy atom. The van der Waals surface area contributed by atoms with Gasteiger partial charge in [0.25, 0.3) is 0 Å². The van der Waals surface area contributed by atoms with E-state index in [1.165, 1.54) is 21.0 Å². The minimum Gasteiger partial charge on any atom is -0.479 e. The highest BCUT2D eigenvalue weighted by Crippen LogP contribution is 2.40. The van der Waals surface area contributed by atoms with Gasteiger partial charge in [-0.3, -0.25) is 9.11 Å². The van der Waals surface area contributed by atoms with Crippen LogP contribution in [0.5, 0.6) is 0 Å². The summed E-state index contributed by atoms with van der Waals surface area (Å²) in [4.78, 5) is 18.4. The maximum absolute atomic E-state index is 12.8. The summed E-state index contributed by atoms with van der Waals surface area (Å²) < 4.78 is 123. The molecule has 4 rings (SSSR count). The zero-order valence-corrected chi connectivity index (χ0v) is 31.6. The lowest BCUT2D eigenvalue weighted by Crippen LogP contribution is -2.65. The van der Waals surface area contributed by atoms with Gasteiger partial charge in [0.2, 0.25) is 6.29 Å². The first-order valence-corrected chi connectivity index (χ1v) is 19.3. The molecule has 0 saturated carbocycles. The van der Waals surface area contributed by atoms with Crippen molar-refractivity contribution in [2.24, 2.45) is 22.1 Å². The summed E-state index contributed by atoms with van der Waals surface area (Å²) in [6.07, 6.45) is -17.1. The molecule has 8 unspecified atom stereocenters. The van der Waals surface area contributed by atoms with Crippen molar-refractivity contribution in [3.05, 3.63) is 56.8 Å². The van der Waals surface area contributed by atoms with Gasteiger partial charge in [-0.1, -0.05) is 61.3 Å². The predicted molar refractivity (Wildman–Crippen MR) is 180 cm³/mol. The number of hydrogen-bond acceptors (Lipinski definition) is 17. The number of carboxylic acids is 1. The number of carboxylic acid groups (broad SMARTS) is 1. The monoisotopic (exact) mass is 826 g/mol. The van der Waals surface area contributed by atoms with Crippen LogP contribution < -0.4 is 0 Å². The molecule has 1 aromatic carbocycles. The van der Waals surface area contributed by atoms with Gasteiger partial charge >= 0.3 is 26.8 Å². The van der Waals surface area contributed by atoms with E-state index in [1.807, 2.05) is 0 Å². The largest absolute Gasteiger partial charge is 0.479 e. The number of methoxy groups -OCH3 is 2. The Bertz CT molecular complexity index is 1770. The van der Waals surface area contributed by atoms with E-state index in [2.05, 4.69) is 24.2 Å². The molecule has 24 nitrogen and oxygen atoms in total. The van der Waals surface area contributed by atoms with E-state index in [1.54, 1.807) is 37.3 Å². The summed E-state index contributed by atoms with van der Waals surface area (Å²) in [6.45, 7) is 4.35. The summed E-state index contributed by atoms with van der Waals surface area (Å²) in [5, 5.41) is 17.8. The fourth-order valence-corrected chi connectivity index (χ4v) is 7.59. The van der Waals surface area contributed by atoms with Crippen molar-refractivity contribution >= 4 is 26.8 Å². The topological polar surface area (TPSA) is 336 Å². The summed E-state index contributed by atoms with van der Waals surface area (Å²) >= 11 is 0. The van der Waals surface area contributed by atoms with Crippen molar-refractivity contribution in [1.82, 2.24) is 0 Å². The van der Waals surface area contributed by atoms with Crippen LogP contribution in [0.3, 0.4) is 0 Å². The molecule has 0 spiro atoms. The number of nitrogens with zero attached hydrogens (tertiary/aromatic N) is 6. The van der Waals surface area contributed by atoms with E-state index < -0.39 is 119 Å². The van der Waals surface area contributed by atoms with Crippen molar-refractivity contribution in [2.75, 3.05) is 14.2 Å². The summed E-state index contributed by atoms with van der Waals surface area (Å²) in [7, 11) is -8.06. The number of azide groups is 2. The van der Waals surface area contributed by atoms with Gasteiger partial charge in [-0.2, -0.15) is 16.8 Å². The van der Waals surface area contributed by atoms with E-state index in [-0.39, 0.29) is 13.0 Å². The molecule has 1 aromatic rings. The third kappa shape index (κ3) is 11.2. The molecule has 26 heteroatoms. The zero-order chi connectivity index (χ0) is 40.7. The Balaban J connectivity index is 1.73. The number of hydrogen-bond donors (Lipinski definition) is 3. The van der Waals surface area contributed by atoms with Gasteiger partial charge in [0.15, 0.2) is 25.0 Å². The average molecular weight is 827 g/mol. The Kier molecular flexibility index (Phi) is 15.6. The first kappa shape index (κ1) is 44.4. The van der Waals surface area contributed by atoms with Crippen LogP contribution in [-0.4, -0.2) is 131 Å². The molecule has 0 bridgehead atoms. The number of aliphatic carboxylic acids is 1. The molecular weight excluding hydrogens is 784 g/mol. The molecule has 308 valence electrons. The first-order valence-electron chi connectivity index (χ1n) is 16.6. The number of benzene rings is 1. The Labute approximate surface area is 315 Å². The first-order chi connectivity index (χ1) is 26.0. The fraction of sp³-hybridized carbons (Fsp3) is 0.759. The normalized spacial score (nSPS) is 37.0. The number of ether oxygens (including phenoxy) is 8. The molecule has 3 aliphatic rings. The van der Waals surface area contributed by atoms with Crippen molar-refractivity contribution in [3.63, 3.8) is 0 Å². The molecule has 3 aliphatic heterocycles. The minimum absolute atomic E-state index is 0.0470. The lowest BCUT2D eigenvalue weighted by molar-refractivity contribution is -0.358. The Morgan fingerprint density at radius 1 is 0.764 bits per heavy atom. The molecule has 3 saturated heterocycles. The molecule has 3 N–H and O–H groups in total. The van der Waals surface area contributed by atoms with Gasteiger partial charge < -0.3 is 43.0 Å². The third-order valence-electron chi connectivity index (χ3n) is 9.21. The lowest BCUT2D eigenvalue weighted by atomic mass is 9.88. The lowest BCUT2D eigenvalue weighted by Gasteiger charge is -2.49. The van der Waals surface area contributed by atoms with Crippen molar-refractivity contribution in [1.29, 1.82) is 0 Å². The highest BCUT2D eigenvalue weighted by Gasteiger charge is 2.56. The van der Waals surface area contributed by atoms with Gasteiger partial charge in [-0.25, -0.2) is 13.2 Å². The standard InChI is InChI=1S/C29H42N6O18S2/c1-6-16-22(23(18(33-35-31)26(45-5)47-16)46-12-15-10-8-7-9-11-15)49-28-21(52-54(38,39)40)14(3)19(24(50-28)25(36)37)48-27-17(32-34-30)13(2)20(44-4)29(51-27)53-55(41,42)43/h7-11,13-14,16-24,26-29H,6,12H2,1-5H3,(H,36,37)(H,38,39,40)(H,41,42,43)/t13-,14?,16?,17+,18+,19+,20?,21?,22?,23+,24-,26?,27?,28-,29?/m1/s1. The molecule has 55 heavy (non-hydrogen) atoms. The molecule has 0 amide bonds. The molecule has 3 fully saturated rings. The second-order valence-corrected chi connectivity index (χ2v) is 14.7. The quantitative estimate of drug-likeness (QED) is 0.0877. The van der Waals surface area contributed by atoms with Crippen LogP contribution in [0.2, 0.25) is 0 Å². The second-order valence-electron chi connectivity index (χ2n) is 12.6. The van der Waals surface area contributed by atoms with Gasteiger partial charge in [-0.05, 0) is 23.0 Å². The summed E-state index contributed by atoms with van der Waals surface area (Å²) in [6, 6.07) is 6.25. The summed E-state index contributed by atoms with van der Waals surface area (Å²) in [5.74, 6) is -4.09. The van der Waals surface area contributed by atoms with Crippen LogP contribution >= 0.6 is 0 Å². The van der Waals surface area contributed by atoms with Crippen molar-refractivity contribution in [3.8, 4) is 0 Å². The van der Waals surface area contributed by atoms with Crippen LogP contribution in [0.1, 0.15) is 32.8 Å². The van der Waals surface area contributed by atoms with Crippen molar-refractivity contribution in [2.45, 2.75) is 114 Å². The second kappa shape index (κ2) is 19.3. The average Bonchev–Trinajstić information content (AvgIpc) is 3.11.